The third-order valence-electron chi connectivity index (χ3n) is 1.77. The molecule has 2 N–H and O–H groups in total. The lowest BCUT2D eigenvalue weighted by molar-refractivity contribution is -0.788. The fourth-order valence-corrected chi connectivity index (χ4v) is 1.22. The molecule has 0 bridgehead atoms. The van der Waals surface area contributed by atoms with Crippen molar-refractivity contribution in [3.63, 3.8) is 0 Å². The van der Waals surface area contributed by atoms with Crippen LogP contribution in [-0.2, 0) is 0 Å². The number of rotatable bonds is 2. The van der Waals surface area contributed by atoms with Crippen molar-refractivity contribution in [1.82, 2.24) is 0 Å². The van der Waals surface area contributed by atoms with Gasteiger partial charge in [-0.1, -0.05) is 0 Å². The summed E-state index contributed by atoms with van der Waals surface area (Å²) < 4.78 is 10.1. The van der Waals surface area contributed by atoms with Crippen LogP contribution < -0.4 is 15.5 Å². The van der Waals surface area contributed by atoms with Gasteiger partial charge in [0.25, 0.3) is 6.20 Å². The van der Waals surface area contributed by atoms with Gasteiger partial charge in [-0.3, -0.25) is 5.21 Å². The van der Waals surface area contributed by atoms with Crippen LogP contribution in [0.5, 0.6) is 0 Å². The third kappa shape index (κ3) is 0.986. The number of aromatic nitrogens is 1. The SMILES string of the molecule is CNc1oc2c[n+]([O-])oc2c1NC. The summed E-state index contributed by atoms with van der Waals surface area (Å²) in [5.74, 6) is 0.553. The Bertz CT molecular complexity index is 431. The molecular formula is C7H9N3O3. The molecule has 0 amide bonds. The molecule has 0 saturated carbocycles. The second-order valence-electron chi connectivity index (χ2n) is 2.51. The van der Waals surface area contributed by atoms with Crippen molar-refractivity contribution in [2.75, 3.05) is 24.7 Å². The molecule has 0 fully saturated rings. The minimum absolute atomic E-state index is 0.356. The van der Waals surface area contributed by atoms with Gasteiger partial charge in [0, 0.05) is 19.0 Å². The smallest absolute Gasteiger partial charge is 0.277 e. The van der Waals surface area contributed by atoms with Crippen LogP contribution in [0.2, 0.25) is 0 Å². The standard InChI is InChI=1S/C7H9N3O3/c1-8-5-6-4(3-10(11)13-6)12-7(5)9-2/h3,8-9H,1-2H3. The molecule has 0 spiro atoms. The van der Waals surface area contributed by atoms with Gasteiger partial charge in [-0.05, 0) is 0 Å². The van der Waals surface area contributed by atoms with Crippen molar-refractivity contribution < 1.29 is 13.8 Å². The highest BCUT2D eigenvalue weighted by atomic mass is 16.7. The zero-order chi connectivity index (χ0) is 9.42. The summed E-state index contributed by atoms with van der Waals surface area (Å²) in [7, 11) is 3.45. The van der Waals surface area contributed by atoms with Crippen LogP contribution in [0.4, 0.5) is 11.6 Å². The van der Waals surface area contributed by atoms with E-state index in [0.717, 1.165) is 0 Å². The van der Waals surface area contributed by atoms with E-state index in [0.29, 0.717) is 27.6 Å². The molecule has 0 saturated heterocycles. The van der Waals surface area contributed by atoms with Crippen LogP contribution in [0.15, 0.2) is 15.1 Å². The normalized spacial score (nSPS) is 10.6. The van der Waals surface area contributed by atoms with Gasteiger partial charge in [0.15, 0.2) is 5.58 Å². The maximum atomic E-state index is 10.8. The van der Waals surface area contributed by atoms with Gasteiger partial charge >= 0.3 is 0 Å². The van der Waals surface area contributed by atoms with Gasteiger partial charge in [0.05, 0.1) is 0 Å². The zero-order valence-corrected chi connectivity index (χ0v) is 7.25. The second-order valence-corrected chi connectivity index (χ2v) is 2.51. The average molecular weight is 183 g/mol. The molecule has 6 heteroatoms. The van der Waals surface area contributed by atoms with E-state index in [-0.39, 0.29) is 0 Å². The van der Waals surface area contributed by atoms with Crippen molar-refractivity contribution >= 4 is 22.7 Å². The molecule has 2 aromatic rings. The summed E-state index contributed by atoms with van der Waals surface area (Å²) in [6.45, 7) is 0. The number of nitrogens with one attached hydrogen (secondary N) is 2. The molecule has 0 atom stereocenters. The van der Waals surface area contributed by atoms with Crippen molar-refractivity contribution in [2.24, 2.45) is 0 Å². The Morgan fingerprint density at radius 2 is 2.15 bits per heavy atom. The predicted molar refractivity (Wildman–Crippen MR) is 46.5 cm³/mol. The molecule has 2 aromatic heterocycles. The van der Waals surface area contributed by atoms with Crippen LogP contribution in [0, 0.1) is 5.21 Å². The third-order valence-corrected chi connectivity index (χ3v) is 1.77. The fraction of sp³-hybridized carbons (Fsp3) is 0.286. The Hall–Kier alpha value is -1.85. The molecular weight excluding hydrogens is 174 g/mol. The Labute approximate surface area is 73.7 Å². The molecule has 2 rings (SSSR count). The van der Waals surface area contributed by atoms with Crippen LogP contribution >= 0.6 is 0 Å². The monoisotopic (exact) mass is 183 g/mol. The minimum atomic E-state index is 0.356. The molecule has 70 valence electrons. The highest BCUT2D eigenvalue weighted by Gasteiger charge is 2.16. The Morgan fingerprint density at radius 1 is 1.38 bits per heavy atom. The van der Waals surface area contributed by atoms with Gasteiger partial charge in [-0.2, -0.15) is 0 Å². The summed E-state index contributed by atoms with van der Waals surface area (Å²) in [5, 5.41) is 16.5. The largest absolute Gasteiger partial charge is 0.431 e. The maximum absolute atomic E-state index is 10.8. The molecule has 13 heavy (non-hydrogen) atoms. The predicted octanol–water partition coefficient (Wildman–Crippen LogP) is 0.743. The number of fused-ring (bicyclic) bond motifs is 1. The van der Waals surface area contributed by atoms with Crippen molar-refractivity contribution in [3.8, 4) is 0 Å². The fourth-order valence-electron chi connectivity index (χ4n) is 1.22. The van der Waals surface area contributed by atoms with Gasteiger partial charge in [-0.25, -0.2) is 0 Å². The van der Waals surface area contributed by atoms with E-state index >= 15 is 0 Å². The van der Waals surface area contributed by atoms with E-state index < -0.39 is 0 Å². The molecule has 0 aliphatic carbocycles. The highest BCUT2D eigenvalue weighted by molar-refractivity contribution is 5.91. The Morgan fingerprint density at radius 3 is 2.77 bits per heavy atom. The summed E-state index contributed by atoms with van der Waals surface area (Å²) in [6.07, 6.45) is 1.23. The van der Waals surface area contributed by atoms with Crippen LogP contribution in [-0.4, -0.2) is 14.1 Å². The van der Waals surface area contributed by atoms with Gasteiger partial charge in [0.2, 0.25) is 11.5 Å². The summed E-state index contributed by atoms with van der Waals surface area (Å²) in [4.78, 5) is 0.356. The first-order valence-electron chi connectivity index (χ1n) is 3.77. The number of hydrogen-bond acceptors (Lipinski definition) is 5. The van der Waals surface area contributed by atoms with E-state index in [4.69, 9.17) is 8.94 Å². The van der Waals surface area contributed by atoms with Crippen molar-refractivity contribution in [2.45, 2.75) is 0 Å². The number of hydrogen-bond donors (Lipinski definition) is 2. The first kappa shape index (κ1) is 7.78. The van der Waals surface area contributed by atoms with Gasteiger partial charge in [-0.15, -0.1) is 0 Å². The van der Waals surface area contributed by atoms with Crippen LogP contribution in [0.1, 0.15) is 0 Å². The molecule has 2 heterocycles. The first-order valence-corrected chi connectivity index (χ1v) is 3.77. The van der Waals surface area contributed by atoms with E-state index in [9.17, 15) is 5.21 Å². The zero-order valence-electron chi connectivity index (χ0n) is 7.25. The molecule has 0 unspecified atom stereocenters. The molecule has 0 aliphatic rings. The number of anilines is 2. The summed E-state index contributed by atoms with van der Waals surface area (Å²) in [5.41, 5.74) is 1.48. The minimum Gasteiger partial charge on any atom is -0.431 e. The highest BCUT2D eigenvalue weighted by Crippen LogP contribution is 2.33. The lowest BCUT2D eigenvalue weighted by atomic mass is 10.4. The van der Waals surface area contributed by atoms with E-state index in [1.807, 2.05) is 0 Å². The van der Waals surface area contributed by atoms with Crippen molar-refractivity contribution in [1.29, 1.82) is 0 Å². The van der Waals surface area contributed by atoms with Crippen LogP contribution in [0.3, 0.4) is 0 Å². The lowest BCUT2D eigenvalue weighted by Gasteiger charge is -1.98. The first-order chi connectivity index (χ1) is 6.26. The maximum Gasteiger partial charge on any atom is 0.277 e. The van der Waals surface area contributed by atoms with E-state index in [2.05, 4.69) is 10.6 Å². The Kier molecular flexibility index (Phi) is 1.54. The van der Waals surface area contributed by atoms with Crippen LogP contribution in [0.25, 0.3) is 11.2 Å². The number of nitrogens with zero attached hydrogens (tertiary/aromatic N) is 1. The molecule has 0 radical (unpaired) electrons. The number of furan rings is 1. The lowest BCUT2D eigenvalue weighted by Crippen LogP contribution is -2.20. The molecule has 0 aliphatic heterocycles. The van der Waals surface area contributed by atoms with Gasteiger partial charge < -0.3 is 19.6 Å². The molecule has 6 nitrogen and oxygen atoms in total. The Balaban J connectivity index is 2.70. The average Bonchev–Trinajstić information content (AvgIpc) is 2.59. The van der Waals surface area contributed by atoms with E-state index in [1.54, 1.807) is 14.1 Å². The molecule has 0 aromatic carbocycles. The van der Waals surface area contributed by atoms with E-state index in [1.165, 1.54) is 6.20 Å². The quantitative estimate of drug-likeness (QED) is 0.671. The summed E-state index contributed by atoms with van der Waals surface area (Å²) in [6, 6.07) is 0. The second kappa shape index (κ2) is 2.58. The summed E-state index contributed by atoms with van der Waals surface area (Å²) >= 11 is 0. The van der Waals surface area contributed by atoms with Crippen molar-refractivity contribution in [3.05, 3.63) is 11.4 Å². The topological polar surface area (TPSA) is 77.3 Å². The van der Waals surface area contributed by atoms with Gasteiger partial charge in [0.1, 0.15) is 5.69 Å².